The Balaban J connectivity index is 1.85. The molecular formula is C20H19NO4. The molecule has 0 bridgehead atoms. The first-order chi connectivity index (χ1) is 12.2. The molecule has 0 aliphatic carbocycles. The molecule has 3 aromatic rings. The Labute approximate surface area is 145 Å². The monoisotopic (exact) mass is 337 g/mol. The fraction of sp³-hybridized carbons (Fsp3) is 0.150. The second-order valence-corrected chi connectivity index (χ2v) is 5.43. The van der Waals surface area contributed by atoms with Crippen LogP contribution in [0.5, 0.6) is 5.75 Å². The molecule has 1 N–H and O–H groups in total. The molecule has 0 spiro atoms. The molecule has 128 valence electrons. The maximum atomic E-state index is 12.0. The van der Waals surface area contributed by atoms with Crippen LogP contribution in [0.3, 0.4) is 0 Å². The second-order valence-electron chi connectivity index (χ2n) is 5.43. The number of ether oxygens (including phenoxy) is 3. The molecule has 0 saturated heterocycles. The molecule has 1 aromatic heterocycles. The van der Waals surface area contributed by atoms with Crippen molar-refractivity contribution in [3.8, 4) is 5.75 Å². The van der Waals surface area contributed by atoms with Crippen molar-refractivity contribution >= 4 is 22.4 Å². The Bertz CT molecular complexity index is 911. The van der Waals surface area contributed by atoms with Gasteiger partial charge >= 0.3 is 5.97 Å². The quantitative estimate of drug-likeness (QED) is 0.421. The van der Waals surface area contributed by atoms with Gasteiger partial charge in [-0.15, -0.1) is 0 Å². The zero-order valence-corrected chi connectivity index (χ0v) is 14.1. The molecule has 5 nitrogen and oxygen atoms in total. The molecule has 0 radical (unpaired) electrons. The number of hydrogen-bond donors (Lipinski definition) is 1. The molecule has 0 aliphatic rings. The lowest BCUT2D eigenvalue weighted by Gasteiger charge is -2.13. The molecule has 0 atom stereocenters. The lowest BCUT2D eigenvalue weighted by molar-refractivity contribution is -0.133. The summed E-state index contributed by atoms with van der Waals surface area (Å²) in [7, 11) is 2.84. The van der Waals surface area contributed by atoms with Gasteiger partial charge in [0.15, 0.2) is 0 Å². The predicted octanol–water partition coefficient (Wildman–Crippen LogP) is 3.91. The van der Waals surface area contributed by atoms with E-state index in [4.69, 9.17) is 14.2 Å². The smallest absolute Gasteiger partial charge is 0.341 e. The van der Waals surface area contributed by atoms with Crippen LogP contribution in [0, 0.1) is 0 Å². The summed E-state index contributed by atoms with van der Waals surface area (Å²) in [6.45, 7) is 0.324. The van der Waals surface area contributed by atoms with Crippen molar-refractivity contribution in [1.29, 1.82) is 0 Å². The number of methoxy groups -OCH3 is 2. The van der Waals surface area contributed by atoms with E-state index >= 15 is 0 Å². The number of benzene rings is 2. The van der Waals surface area contributed by atoms with Gasteiger partial charge in [-0.25, -0.2) is 4.79 Å². The number of hydrogen-bond acceptors (Lipinski definition) is 4. The standard InChI is InChI=1S/C20H19NO4/c1-23-13-18(20(22)24-2)17-6-4-3-5-15(17)12-25-16-7-8-19-14(11-16)9-10-21-19/h3-11,13,21H,12H2,1-2H3. The molecule has 2 aromatic carbocycles. The second kappa shape index (κ2) is 7.57. The molecule has 3 rings (SSSR count). The van der Waals surface area contributed by atoms with Gasteiger partial charge in [-0.2, -0.15) is 0 Å². The van der Waals surface area contributed by atoms with Crippen LogP contribution in [0.1, 0.15) is 11.1 Å². The van der Waals surface area contributed by atoms with Gasteiger partial charge in [0, 0.05) is 17.1 Å². The molecule has 0 saturated carbocycles. The van der Waals surface area contributed by atoms with Gasteiger partial charge in [-0.3, -0.25) is 0 Å². The van der Waals surface area contributed by atoms with Gasteiger partial charge in [0.05, 0.1) is 20.5 Å². The first kappa shape index (κ1) is 16.6. The van der Waals surface area contributed by atoms with Crippen molar-refractivity contribution in [1.82, 2.24) is 4.98 Å². The Kier molecular flexibility index (Phi) is 5.04. The molecule has 25 heavy (non-hydrogen) atoms. The number of esters is 1. The number of nitrogens with one attached hydrogen (secondary N) is 1. The highest BCUT2D eigenvalue weighted by molar-refractivity contribution is 6.16. The summed E-state index contributed by atoms with van der Waals surface area (Å²) >= 11 is 0. The molecule has 0 fully saturated rings. The molecule has 0 aliphatic heterocycles. The van der Waals surface area contributed by atoms with Crippen molar-refractivity contribution in [2.45, 2.75) is 6.61 Å². The normalized spacial score (nSPS) is 11.4. The van der Waals surface area contributed by atoms with Crippen molar-refractivity contribution in [2.75, 3.05) is 14.2 Å². The Morgan fingerprint density at radius 1 is 1.12 bits per heavy atom. The van der Waals surface area contributed by atoms with Gasteiger partial charge in [0.25, 0.3) is 0 Å². The third kappa shape index (κ3) is 3.66. The first-order valence-corrected chi connectivity index (χ1v) is 7.82. The number of carbonyl (C=O) groups is 1. The van der Waals surface area contributed by atoms with Gasteiger partial charge in [-0.05, 0) is 35.4 Å². The van der Waals surface area contributed by atoms with E-state index < -0.39 is 5.97 Å². The van der Waals surface area contributed by atoms with Gasteiger partial charge < -0.3 is 19.2 Å². The number of aromatic nitrogens is 1. The van der Waals surface area contributed by atoms with E-state index in [0.29, 0.717) is 12.2 Å². The number of aromatic amines is 1. The predicted molar refractivity (Wildman–Crippen MR) is 96.1 cm³/mol. The third-order valence-corrected chi connectivity index (χ3v) is 3.87. The highest BCUT2D eigenvalue weighted by Gasteiger charge is 2.16. The Hall–Kier alpha value is -3.21. The Morgan fingerprint density at radius 3 is 2.76 bits per heavy atom. The minimum atomic E-state index is -0.456. The fourth-order valence-electron chi connectivity index (χ4n) is 2.64. The number of rotatable bonds is 6. The number of fused-ring (bicyclic) bond motifs is 1. The molecule has 5 heteroatoms. The van der Waals surface area contributed by atoms with Crippen molar-refractivity contribution in [2.24, 2.45) is 0 Å². The van der Waals surface area contributed by atoms with Crippen LogP contribution < -0.4 is 4.74 Å². The lowest BCUT2D eigenvalue weighted by Crippen LogP contribution is -2.08. The van der Waals surface area contributed by atoms with Crippen LogP contribution in [0.2, 0.25) is 0 Å². The lowest BCUT2D eigenvalue weighted by atomic mass is 10.0. The summed E-state index contributed by atoms with van der Waals surface area (Å²) in [6.07, 6.45) is 3.28. The maximum Gasteiger partial charge on any atom is 0.341 e. The average molecular weight is 337 g/mol. The van der Waals surface area contributed by atoms with Crippen LogP contribution in [-0.2, 0) is 20.9 Å². The Morgan fingerprint density at radius 2 is 1.96 bits per heavy atom. The van der Waals surface area contributed by atoms with E-state index in [2.05, 4.69) is 4.98 Å². The fourth-order valence-corrected chi connectivity index (χ4v) is 2.64. The highest BCUT2D eigenvalue weighted by atomic mass is 16.5. The van der Waals surface area contributed by atoms with Crippen LogP contribution in [0.25, 0.3) is 16.5 Å². The van der Waals surface area contributed by atoms with E-state index in [9.17, 15) is 4.79 Å². The van der Waals surface area contributed by atoms with Gasteiger partial charge in [0.1, 0.15) is 17.9 Å². The maximum absolute atomic E-state index is 12.0. The SMILES string of the molecule is COC=C(C(=O)OC)c1ccccc1COc1ccc2[nH]ccc2c1. The zero-order chi connectivity index (χ0) is 17.6. The summed E-state index contributed by atoms with van der Waals surface area (Å²) in [5.41, 5.74) is 3.00. The summed E-state index contributed by atoms with van der Waals surface area (Å²) in [5, 5.41) is 1.08. The molecule has 0 amide bonds. The van der Waals surface area contributed by atoms with Crippen LogP contribution in [0.15, 0.2) is 61.0 Å². The van der Waals surface area contributed by atoms with Crippen molar-refractivity contribution in [3.63, 3.8) is 0 Å². The third-order valence-electron chi connectivity index (χ3n) is 3.87. The van der Waals surface area contributed by atoms with E-state index in [-0.39, 0.29) is 0 Å². The van der Waals surface area contributed by atoms with E-state index in [1.807, 2.05) is 54.7 Å². The van der Waals surface area contributed by atoms with Gasteiger partial charge in [0.2, 0.25) is 0 Å². The van der Waals surface area contributed by atoms with Crippen molar-refractivity contribution < 1.29 is 19.0 Å². The minimum absolute atomic E-state index is 0.324. The topological polar surface area (TPSA) is 60.6 Å². The highest BCUT2D eigenvalue weighted by Crippen LogP contribution is 2.24. The van der Waals surface area contributed by atoms with Crippen LogP contribution in [0.4, 0.5) is 0 Å². The molecular weight excluding hydrogens is 318 g/mol. The van der Waals surface area contributed by atoms with E-state index in [1.54, 1.807) is 0 Å². The van der Waals surface area contributed by atoms with Crippen molar-refractivity contribution in [3.05, 3.63) is 72.1 Å². The number of H-pyrrole nitrogens is 1. The van der Waals surface area contributed by atoms with Crippen LogP contribution >= 0.6 is 0 Å². The minimum Gasteiger partial charge on any atom is -0.503 e. The largest absolute Gasteiger partial charge is 0.503 e. The molecule has 1 heterocycles. The summed E-state index contributed by atoms with van der Waals surface area (Å²) in [5.74, 6) is 0.306. The summed E-state index contributed by atoms with van der Waals surface area (Å²) in [4.78, 5) is 15.2. The number of carbonyl (C=O) groups excluding carboxylic acids is 1. The first-order valence-electron chi connectivity index (χ1n) is 7.82. The summed E-state index contributed by atoms with van der Waals surface area (Å²) < 4.78 is 15.8. The van der Waals surface area contributed by atoms with E-state index in [0.717, 1.165) is 27.8 Å². The molecule has 0 unspecified atom stereocenters. The van der Waals surface area contributed by atoms with E-state index in [1.165, 1.54) is 20.5 Å². The van der Waals surface area contributed by atoms with Crippen LogP contribution in [-0.4, -0.2) is 25.2 Å². The zero-order valence-electron chi connectivity index (χ0n) is 14.1. The summed E-state index contributed by atoms with van der Waals surface area (Å²) in [6, 6.07) is 15.4. The average Bonchev–Trinajstić information content (AvgIpc) is 3.12. The van der Waals surface area contributed by atoms with Gasteiger partial charge in [-0.1, -0.05) is 24.3 Å².